The Hall–Kier alpha value is -2.52. The third kappa shape index (κ3) is 4.74. The van der Waals surface area contributed by atoms with Crippen LogP contribution in [-0.4, -0.2) is 17.8 Å². The van der Waals surface area contributed by atoms with E-state index in [1.165, 1.54) is 6.20 Å². The zero-order valence-corrected chi connectivity index (χ0v) is 13.9. The first-order valence-corrected chi connectivity index (χ1v) is 8.16. The van der Waals surface area contributed by atoms with E-state index in [4.69, 9.17) is 22.7 Å². The summed E-state index contributed by atoms with van der Waals surface area (Å²) in [5.74, 6) is -0.914. The number of anilines is 1. The normalized spacial score (nSPS) is 20.8. The van der Waals surface area contributed by atoms with Crippen LogP contribution in [0.5, 0.6) is 0 Å². The number of carbonyl (C=O) groups is 1. The number of hydrogen-bond acceptors (Lipinski definition) is 4. The van der Waals surface area contributed by atoms with Gasteiger partial charge in [-0.15, -0.1) is 0 Å². The van der Waals surface area contributed by atoms with Crippen molar-refractivity contribution in [1.82, 2.24) is 5.32 Å². The molecular formula is C17H20ClN5O. The number of nitrogens with two attached hydrogens (primary N) is 1. The smallest absolute Gasteiger partial charge is 0.253 e. The molecule has 5 N–H and O–H groups in total. The van der Waals surface area contributed by atoms with Gasteiger partial charge in [-0.05, 0) is 37.1 Å². The Balaban J connectivity index is 2.07. The van der Waals surface area contributed by atoms with E-state index in [0.29, 0.717) is 10.7 Å². The molecule has 7 heteroatoms. The molecule has 1 aliphatic rings. The van der Waals surface area contributed by atoms with E-state index in [1.54, 1.807) is 24.3 Å². The standard InChI is InChI=1S/C17H20ClN5O/c18-12-5-7-13(8-6-12)23-16(20)14(17(21)24)10-22-15-4-2-1-3-11(15)9-19/h5-8,10-11,15,22H,1-4H2,(H2,20,23)(H2,21,24)/b14-10+/t11?,15-/m0/s1. The summed E-state index contributed by atoms with van der Waals surface area (Å²) in [4.78, 5) is 11.7. The summed E-state index contributed by atoms with van der Waals surface area (Å²) < 4.78 is 0. The van der Waals surface area contributed by atoms with Gasteiger partial charge in [0.15, 0.2) is 0 Å². The third-order valence-electron chi connectivity index (χ3n) is 4.02. The van der Waals surface area contributed by atoms with Gasteiger partial charge in [0.2, 0.25) is 0 Å². The summed E-state index contributed by atoms with van der Waals surface area (Å²) >= 11 is 5.82. The van der Waals surface area contributed by atoms with Crippen LogP contribution in [0.1, 0.15) is 25.7 Å². The topological polar surface area (TPSA) is 115 Å². The van der Waals surface area contributed by atoms with Gasteiger partial charge in [-0.1, -0.05) is 24.4 Å². The van der Waals surface area contributed by atoms with Crippen molar-refractivity contribution in [1.29, 1.82) is 10.7 Å². The highest BCUT2D eigenvalue weighted by Crippen LogP contribution is 2.24. The van der Waals surface area contributed by atoms with E-state index in [9.17, 15) is 10.1 Å². The molecule has 0 bridgehead atoms. The third-order valence-corrected chi connectivity index (χ3v) is 4.27. The molecule has 6 nitrogen and oxygen atoms in total. The lowest BCUT2D eigenvalue weighted by Crippen LogP contribution is -2.36. The van der Waals surface area contributed by atoms with Gasteiger partial charge in [-0.2, -0.15) is 5.26 Å². The maximum absolute atomic E-state index is 11.7. The van der Waals surface area contributed by atoms with Gasteiger partial charge in [0.05, 0.1) is 17.6 Å². The predicted molar refractivity (Wildman–Crippen MR) is 94.6 cm³/mol. The molecule has 24 heavy (non-hydrogen) atoms. The summed E-state index contributed by atoms with van der Waals surface area (Å²) in [6.07, 6.45) is 5.22. The van der Waals surface area contributed by atoms with Crippen molar-refractivity contribution >= 4 is 29.0 Å². The number of nitrogens with one attached hydrogen (secondary N) is 3. The number of hydrogen-bond donors (Lipinski definition) is 4. The highest BCUT2D eigenvalue weighted by atomic mass is 35.5. The number of benzene rings is 1. The van der Waals surface area contributed by atoms with Gasteiger partial charge < -0.3 is 16.4 Å². The number of rotatable bonds is 5. The van der Waals surface area contributed by atoms with Crippen LogP contribution in [0.25, 0.3) is 0 Å². The fourth-order valence-corrected chi connectivity index (χ4v) is 2.81. The summed E-state index contributed by atoms with van der Waals surface area (Å²) in [5, 5.41) is 23.7. The molecular weight excluding hydrogens is 326 g/mol. The minimum Gasteiger partial charge on any atom is -0.386 e. The van der Waals surface area contributed by atoms with E-state index in [1.807, 2.05) is 0 Å². The zero-order valence-electron chi connectivity index (χ0n) is 13.2. The first-order chi connectivity index (χ1) is 11.5. The average molecular weight is 346 g/mol. The highest BCUT2D eigenvalue weighted by Gasteiger charge is 2.24. The number of halogens is 1. The van der Waals surface area contributed by atoms with Crippen LogP contribution in [0.2, 0.25) is 5.02 Å². The van der Waals surface area contributed by atoms with Crippen LogP contribution in [0, 0.1) is 22.7 Å². The van der Waals surface area contributed by atoms with Crippen LogP contribution >= 0.6 is 11.6 Å². The Kier molecular flexibility index (Phi) is 6.21. The zero-order chi connectivity index (χ0) is 17.5. The summed E-state index contributed by atoms with van der Waals surface area (Å²) in [7, 11) is 0. The van der Waals surface area contributed by atoms with Crippen LogP contribution in [0.15, 0.2) is 36.0 Å². The molecule has 1 aromatic carbocycles. The summed E-state index contributed by atoms with van der Waals surface area (Å²) in [5.41, 5.74) is 6.05. The molecule has 126 valence electrons. The van der Waals surface area contributed by atoms with Gasteiger partial charge in [-0.3, -0.25) is 10.2 Å². The molecule has 0 heterocycles. The van der Waals surface area contributed by atoms with E-state index in [-0.39, 0.29) is 23.4 Å². The fourth-order valence-electron chi connectivity index (χ4n) is 2.69. The SMILES string of the molecule is N#CC1CCCC[C@@H]1N/C=C(\C(=N)Nc1ccc(Cl)cc1)C(N)=O. The molecule has 0 spiro atoms. The number of amidine groups is 1. The van der Waals surface area contributed by atoms with Crippen molar-refractivity contribution in [2.24, 2.45) is 11.7 Å². The van der Waals surface area contributed by atoms with Crippen LogP contribution < -0.4 is 16.4 Å². The highest BCUT2D eigenvalue weighted by molar-refractivity contribution is 6.30. The Labute approximate surface area is 146 Å². The fraction of sp³-hybridized carbons (Fsp3) is 0.353. The lowest BCUT2D eigenvalue weighted by atomic mass is 9.85. The van der Waals surface area contributed by atoms with Crippen molar-refractivity contribution in [3.8, 4) is 6.07 Å². The number of nitriles is 1. The Morgan fingerprint density at radius 3 is 2.62 bits per heavy atom. The van der Waals surface area contributed by atoms with Crippen LogP contribution in [-0.2, 0) is 4.79 Å². The minimum atomic E-state index is -0.710. The molecule has 0 radical (unpaired) electrons. The van der Waals surface area contributed by atoms with Gasteiger partial charge in [-0.25, -0.2) is 0 Å². The van der Waals surface area contributed by atoms with E-state index in [2.05, 4.69) is 16.7 Å². The van der Waals surface area contributed by atoms with Crippen molar-refractivity contribution < 1.29 is 4.79 Å². The maximum Gasteiger partial charge on any atom is 0.253 e. The first-order valence-electron chi connectivity index (χ1n) is 7.78. The molecule has 1 aromatic rings. The molecule has 0 aromatic heterocycles. The monoisotopic (exact) mass is 345 g/mol. The first kappa shape index (κ1) is 17.8. The van der Waals surface area contributed by atoms with E-state index in [0.717, 1.165) is 25.7 Å². The molecule has 1 aliphatic carbocycles. The Bertz CT molecular complexity index is 677. The second kappa shape index (κ2) is 8.37. The number of amides is 1. The van der Waals surface area contributed by atoms with Crippen molar-refractivity contribution in [2.75, 3.05) is 5.32 Å². The van der Waals surface area contributed by atoms with E-state index >= 15 is 0 Å². The summed E-state index contributed by atoms with van der Waals surface area (Å²) in [6.45, 7) is 0. The lowest BCUT2D eigenvalue weighted by molar-refractivity contribution is -0.114. The Morgan fingerprint density at radius 2 is 2.00 bits per heavy atom. The maximum atomic E-state index is 11.7. The lowest BCUT2D eigenvalue weighted by Gasteiger charge is -2.27. The quantitative estimate of drug-likeness (QED) is 0.373. The molecule has 2 rings (SSSR count). The van der Waals surface area contributed by atoms with Crippen molar-refractivity contribution in [2.45, 2.75) is 31.7 Å². The van der Waals surface area contributed by atoms with Crippen molar-refractivity contribution in [3.63, 3.8) is 0 Å². The van der Waals surface area contributed by atoms with Gasteiger partial charge in [0.1, 0.15) is 5.84 Å². The largest absolute Gasteiger partial charge is 0.386 e. The second-order valence-corrected chi connectivity index (χ2v) is 6.16. The van der Waals surface area contributed by atoms with Crippen LogP contribution in [0.4, 0.5) is 5.69 Å². The number of carbonyl (C=O) groups excluding carboxylic acids is 1. The number of primary amides is 1. The van der Waals surface area contributed by atoms with Gasteiger partial charge >= 0.3 is 0 Å². The molecule has 0 saturated heterocycles. The molecule has 1 amide bonds. The predicted octanol–water partition coefficient (Wildman–Crippen LogP) is 2.77. The molecule has 1 fully saturated rings. The van der Waals surface area contributed by atoms with Gasteiger partial charge in [0, 0.05) is 23.0 Å². The number of nitrogens with zero attached hydrogens (tertiary/aromatic N) is 1. The summed E-state index contributed by atoms with van der Waals surface area (Å²) in [6, 6.07) is 9.04. The molecule has 0 aliphatic heterocycles. The Morgan fingerprint density at radius 1 is 1.33 bits per heavy atom. The minimum absolute atomic E-state index is 0.0265. The van der Waals surface area contributed by atoms with E-state index < -0.39 is 5.91 Å². The molecule has 1 saturated carbocycles. The molecule has 2 atom stereocenters. The van der Waals surface area contributed by atoms with Gasteiger partial charge in [0.25, 0.3) is 5.91 Å². The molecule has 1 unspecified atom stereocenters. The average Bonchev–Trinajstić information content (AvgIpc) is 2.57. The van der Waals surface area contributed by atoms with Crippen molar-refractivity contribution in [3.05, 3.63) is 41.1 Å². The second-order valence-electron chi connectivity index (χ2n) is 5.72. The van der Waals surface area contributed by atoms with Crippen LogP contribution in [0.3, 0.4) is 0 Å².